The summed E-state index contributed by atoms with van der Waals surface area (Å²) in [5, 5.41) is 15.3. The Hall–Kier alpha value is -2.21. The molecule has 3 unspecified atom stereocenters. The number of amidine groups is 1. The number of likely N-dealkylation sites (tertiary alicyclic amines) is 1. The third-order valence-electron chi connectivity index (χ3n) is 6.36. The van der Waals surface area contributed by atoms with Gasteiger partial charge in [0.1, 0.15) is 17.5 Å². The molecular formula is C22H36ClN9OS. The molecule has 3 rings (SSSR count). The predicted molar refractivity (Wildman–Crippen MR) is 137 cm³/mol. The second-order valence-corrected chi connectivity index (χ2v) is 10.9. The highest BCUT2D eigenvalue weighted by molar-refractivity contribution is 7.16. The van der Waals surface area contributed by atoms with Gasteiger partial charge in [-0.2, -0.15) is 5.10 Å². The van der Waals surface area contributed by atoms with Gasteiger partial charge in [-0.15, -0.1) is 21.5 Å². The van der Waals surface area contributed by atoms with Crippen LogP contribution in [0.1, 0.15) is 81.0 Å². The van der Waals surface area contributed by atoms with Crippen LogP contribution in [-0.2, 0) is 4.79 Å². The molecule has 0 bridgehead atoms. The Morgan fingerprint density at radius 2 is 2.12 bits per heavy atom. The second-order valence-electron chi connectivity index (χ2n) is 9.14. The Bertz CT molecular complexity index is 989. The number of hydrogen-bond acceptors (Lipinski definition) is 8. The minimum atomic E-state index is -0.199. The number of aryl methyl sites for hydroxylation is 1. The summed E-state index contributed by atoms with van der Waals surface area (Å²) < 4.78 is 2.97. The molecule has 1 saturated heterocycles. The van der Waals surface area contributed by atoms with Crippen LogP contribution in [0.25, 0.3) is 0 Å². The van der Waals surface area contributed by atoms with Crippen LogP contribution in [0.3, 0.4) is 0 Å². The Morgan fingerprint density at radius 1 is 1.35 bits per heavy atom. The molecule has 3 heterocycles. The van der Waals surface area contributed by atoms with E-state index in [1.807, 2.05) is 19.1 Å². The number of hydrazone groups is 1. The van der Waals surface area contributed by atoms with Gasteiger partial charge in [-0.05, 0) is 51.8 Å². The first kappa shape index (κ1) is 26.4. The molecule has 3 atom stereocenters. The number of nitrogens with two attached hydrogens (primary N) is 2. The van der Waals surface area contributed by atoms with Crippen LogP contribution in [0, 0.1) is 6.92 Å². The quantitative estimate of drug-likeness (QED) is 0.158. The van der Waals surface area contributed by atoms with Crippen LogP contribution in [0.2, 0.25) is 4.34 Å². The van der Waals surface area contributed by atoms with Crippen molar-refractivity contribution in [1.29, 1.82) is 0 Å². The number of rotatable bonds is 11. The maximum Gasteiger partial charge on any atom is 0.228 e. The lowest BCUT2D eigenvalue weighted by Crippen LogP contribution is -2.49. The molecule has 12 heteroatoms. The molecule has 188 valence electrons. The molecule has 1 aliphatic rings. The lowest BCUT2D eigenvalue weighted by atomic mass is 9.94. The second kappa shape index (κ2) is 12.0. The Balaban J connectivity index is 1.60. The van der Waals surface area contributed by atoms with Crippen molar-refractivity contribution in [3.63, 3.8) is 0 Å². The lowest BCUT2D eigenvalue weighted by Gasteiger charge is -2.43. The van der Waals surface area contributed by atoms with E-state index in [0.717, 1.165) is 42.5 Å². The SMILES string of the molecule is Cc1nnc(C(C)C)n1C(C)CC1CCN1CCC(NC(=O)C/C(=N/N)NN)c1ccc(Cl)s1. The first-order valence-corrected chi connectivity index (χ1v) is 12.9. The van der Waals surface area contributed by atoms with Gasteiger partial charge >= 0.3 is 0 Å². The van der Waals surface area contributed by atoms with Crippen molar-refractivity contribution in [3.8, 4) is 0 Å². The highest BCUT2D eigenvalue weighted by atomic mass is 35.5. The maximum absolute atomic E-state index is 12.6. The molecule has 1 amide bonds. The molecule has 2 aromatic rings. The molecular weight excluding hydrogens is 474 g/mol. The van der Waals surface area contributed by atoms with E-state index >= 15 is 0 Å². The number of nitrogens with one attached hydrogen (secondary N) is 2. The van der Waals surface area contributed by atoms with Crippen LogP contribution < -0.4 is 22.4 Å². The molecule has 0 spiro atoms. The third-order valence-corrected chi connectivity index (χ3v) is 7.70. The van der Waals surface area contributed by atoms with Gasteiger partial charge < -0.3 is 26.1 Å². The number of aromatic nitrogens is 3. The van der Waals surface area contributed by atoms with E-state index in [1.165, 1.54) is 17.8 Å². The van der Waals surface area contributed by atoms with Crippen LogP contribution in [0.5, 0.6) is 0 Å². The van der Waals surface area contributed by atoms with E-state index in [1.54, 1.807) is 0 Å². The number of carbonyl (C=O) groups is 1. The molecule has 1 aliphatic heterocycles. The zero-order chi connectivity index (χ0) is 24.8. The van der Waals surface area contributed by atoms with Gasteiger partial charge in [0, 0.05) is 29.4 Å². The van der Waals surface area contributed by atoms with Gasteiger partial charge in [-0.25, -0.2) is 5.84 Å². The highest BCUT2D eigenvalue weighted by Gasteiger charge is 2.31. The van der Waals surface area contributed by atoms with E-state index in [-0.39, 0.29) is 24.2 Å². The van der Waals surface area contributed by atoms with Gasteiger partial charge in [-0.1, -0.05) is 25.4 Å². The van der Waals surface area contributed by atoms with Crippen molar-refractivity contribution in [3.05, 3.63) is 33.0 Å². The molecule has 2 aromatic heterocycles. The summed E-state index contributed by atoms with van der Waals surface area (Å²) in [6.07, 6.45) is 2.98. The smallest absolute Gasteiger partial charge is 0.228 e. The minimum absolute atomic E-state index is 0.0110. The van der Waals surface area contributed by atoms with E-state index in [0.29, 0.717) is 22.3 Å². The van der Waals surface area contributed by atoms with E-state index < -0.39 is 0 Å². The van der Waals surface area contributed by atoms with Crippen molar-refractivity contribution >= 4 is 34.7 Å². The standard InChI is InChI=1S/C22H36ClN9OS/c1-13(2)22-30-29-15(4)32(22)14(3)11-16-7-9-31(16)10-8-17(18-5-6-19(23)34-18)26-21(33)12-20(27-24)28-25/h5-6,13-14,16-17H,7-12,24-25H2,1-4H3,(H,26,33)(H,27,28). The van der Waals surface area contributed by atoms with Crippen LogP contribution in [0.4, 0.5) is 0 Å². The average molecular weight is 510 g/mol. The van der Waals surface area contributed by atoms with Gasteiger partial charge in [0.15, 0.2) is 0 Å². The number of carbonyl (C=O) groups excluding carboxylic acids is 1. The fourth-order valence-corrected chi connectivity index (χ4v) is 5.65. The first-order chi connectivity index (χ1) is 16.2. The van der Waals surface area contributed by atoms with E-state index in [2.05, 4.69) is 56.3 Å². The summed E-state index contributed by atoms with van der Waals surface area (Å²) in [6, 6.07) is 4.50. The van der Waals surface area contributed by atoms with Crippen molar-refractivity contribution in [2.24, 2.45) is 16.8 Å². The van der Waals surface area contributed by atoms with Gasteiger partial charge in [0.25, 0.3) is 0 Å². The molecule has 1 fully saturated rings. The Kier molecular flexibility index (Phi) is 9.29. The predicted octanol–water partition coefficient (Wildman–Crippen LogP) is 2.82. The maximum atomic E-state index is 12.6. The van der Waals surface area contributed by atoms with Gasteiger partial charge in [0.05, 0.1) is 16.8 Å². The third kappa shape index (κ3) is 6.47. The topological polar surface area (TPSA) is 139 Å². The molecule has 0 saturated carbocycles. The minimum Gasteiger partial charge on any atom is -0.348 e. The van der Waals surface area contributed by atoms with Crippen LogP contribution >= 0.6 is 22.9 Å². The fraction of sp³-hybridized carbons (Fsp3) is 0.636. The average Bonchev–Trinajstić information content (AvgIpc) is 3.39. The lowest BCUT2D eigenvalue weighted by molar-refractivity contribution is -0.120. The zero-order valence-electron chi connectivity index (χ0n) is 20.3. The molecule has 0 aromatic carbocycles. The number of amides is 1. The monoisotopic (exact) mass is 509 g/mol. The number of hydrazine groups is 1. The van der Waals surface area contributed by atoms with Crippen molar-refractivity contribution < 1.29 is 4.79 Å². The molecule has 34 heavy (non-hydrogen) atoms. The largest absolute Gasteiger partial charge is 0.348 e. The number of halogens is 1. The van der Waals surface area contributed by atoms with E-state index in [4.69, 9.17) is 23.3 Å². The summed E-state index contributed by atoms with van der Waals surface area (Å²) in [5.74, 6) is 13.0. The Morgan fingerprint density at radius 3 is 2.68 bits per heavy atom. The zero-order valence-corrected chi connectivity index (χ0v) is 21.9. The molecule has 0 radical (unpaired) electrons. The van der Waals surface area contributed by atoms with Gasteiger partial charge in [-0.3, -0.25) is 4.79 Å². The number of nitrogens with zero attached hydrogens (tertiary/aromatic N) is 5. The number of thiophene rings is 1. The summed E-state index contributed by atoms with van der Waals surface area (Å²) in [4.78, 5) is 16.1. The van der Waals surface area contributed by atoms with Crippen molar-refractivity contribution in [2.75, 3.05) is 13.1 Å². The van der Waals surface area contributed by atoms with Crippen LogP contribution in [-0.4, -0.2) is 50.5 Å². The summed E-state index contributed by atoms with van der Waals surface area (Å²) in [5.41, 5.74) is 2.35. The number of hydrogen-bond donors (Lipinski definition) is 4. The van der Waals surface area contributed by atoms with Gasteiger partial charge in [0.2, 0.25) is 5.91 Å². The molecule has 10 nitrogen and oxygen atoms in total. The summed E-state index contributed by atoms with van der Waals surface area (Å²) >= 11 is 7.65. The molecule has 0 aliphatic carbocycles. The van der Waals surface area contributed by atoms with Crippen molar-refractivity contribution in [2.45, 2.75) is 77.4 Å². The van der Waals surface area contributed by atoms with E-state index in [9.17, 15) is 4.79 Å². The normalized spacial score (nSPS) is 18.6. The highest BCUT2D eigenvalue weighted by Crippen LogP contribution is 2.32. The molecule has 6 N–H and O–H groups in total. The first-order valence-electron chi connectivity index (χ1n) is 11.7. The fourth-order valence-electron chi connectivity index (χ4n) is 4.51. The Labute approximate surface area is 210 Å². The summed E-state index contributed by atoms with van der Waals surface area (Å²) in [6.45, 7) is 10.5. The van der Waals surface area contributed by atoms with Crippen molar-refractivity contribution in [1.82, 2.24) is 30.4 Å². The summed E-state index contributed by atoms with van der Waals surface area (Å²) in [7, 11) is 0. The van der Waals surface area contributed by atoms with Crippen LogP contribution in [0.15, 0.2) is 17.2 Å².